The number of para-hydroxylation sites is 2. The molecule has 13 rings (SSSR count). The van der Waals surface area contributed by atoms with E-state index in [1.807, 2.05) is 103 Å². The molecule has 0 bridgehead atoms. The first-order chi connectivity index (χ1) is 37.5. The molecule has 350 valence electrons. The van der Waals surface area contributed by atoms with Gasteiger partial charge in [-0.2, -0.15) is 9.97 Å². The Morgan fingerprint density at radius 1 is 0.303 bits per heavy atom. The second-order valence-corrected chi connectivity index (χ2v) is 18.5. The number of benzene rings is 10. The average Bonchev–Trinajstić information content (AvgIpc) is 4.01. The zero-order chi connectivity index (χ0) is 51.3. The van der Waals surface area contributed by atoms with Crippen molar-refractivity contribution in [1.29, 1.82) is 0 Å². The molecular formula is C71H41N5. The van der Waals surface area contributed by atoms with E-state index in [1.165, 1.54) is 0 Å². The van der Waals surface area contributed by atoms with Crippen molar-refractivity contribution in [3.63, 3.8) is 0 Å². The fraction of sp³-hybridized carbons (Fsp3) is 0. The molecule has 0 fully saturated rings. The normalized spacial score (nSPS) is 11.1. The van der Waals surface area contributed by atoms with Gasteiger partial charge in [0.1, 0.15) is 0 Å². The molecule has 0 N–H and O–H groups in total. The summed E-state index contributed by atoms with van der Waals surface area (Å²) < 4.78 is 4.50. The molecule has 0 aliphatic heterocycles. The molecule has 0 saturated carbocycles. The van der Waals surface area contributed by atoms with E-state index in [9.17, 15) is 0 Å². The van der Waals surface area contributed by atoms with Gasteiger partial charge in [0.05, 0.1) is 22.1 Å². The van der Waals surface area contributed by atoms with Crippen LogP contribution < -0.4 is 0 Å². The predicted octanol–water partition coefficient (Wildman–Crippen LogP) is 16.0. The summed E-state index contributed by atoms with van der Waals surface area (Å²) in [6.07, 6.45) is 24.5. The number of terminal acetylenes is 4. The molecule has 0 amide bonds. The van der Waals surface area contributed by atoms with Crippen LogP contribution in [0.25, 0.3) is 123 Å². The fourth-order valence-electron chi connectivity index (χ4n) is 10.9. The first-order valence-corrected chi connectivity index (χ1v) is 24.8. The SMILES string of the molecule is C#Cc1cccc(-c2cccc(-c3cccc(C#C)c3C#C)c2-c2cccc(-n3c4ccccc4c4cc(-c5ccc6c(c5)c5ccccc5n6-c5nc(-c6ccccc6)nc(-c6ccccc6)n5)ccc43)c2)c1C#C. The van der Waals surface area contributed by atoms with Gasteiger partial charge in [-0.1, -0.05) is 187 Å². The van der Waals surface area contributed by atoms with Crippen LogP contribution in [0.1, 0.15) is 22.3 Å². The van der Waals surface area contributed by atoms with Gasteiger partial charge in [0.25, 0.3) is 0 Å². The van der Waals surface area contributed by atoms with Crippen molar-refractivity contribution in [3.8, 4) is 128 Å². The van der Waals surface area contributed by atoms with Crippen LogP contribution in [0.3, 0.4) is 0 Å². The molecule has 0 atom stereocenters. The summed E-state index contributed by atoms with van der Waals surface area (Å²) in [4.78, 5) is 15.3. The van der Waals surface area contributed by atoms with Gasteiger partial charge in [0.2, 0.25) is 5.95 Å². The predicted molar refractivity (Wildman–Crippen MR) is 313 cm³/mol. The Kier molecular flexibility index (Phi) is 11.0. The van der Waals surface area contributed by atoms with Crippen LogP contribution in [0.15, 0.2) is 224 Å². The van der Waals surface area contributed by atoms with Gasteiger partial charge in [0, 0.05) is 60.6 Å². The zero-order valence-electron chi connectivity index (χ0n) is 40.9. The minimum Gasteiger partial charge on any atom is -0.309 e. The van der Waals surface area contributed by atoms with E-state index in [1.54, 1.807) is 0 Å². The van der Waals surface area contributed by atoms with Crippen molar-refractivity contribution in [2.75, 3.05) is 0 Å². The third-order valence-corrected chi connectivity index (χ3v) is 14.3. The molecule has 0 aliphatic carbocycles. The Labute approximate surface area is 440 Å². The van der Waals surface area contributed by atoms with Crippen molar-refractivity contribution >= 4 is 43.6 Å². The van der Waals surface area contributed by atoms with Crippen molar-refractivity contribution in [3.05, 3.63) is 247 Å². The topological polar surface area (TPSA) is 48.5 Å². The summed E-state index contributed by atoms with van der Waals surface area (Å²) in [5, 5.41) is 4.46. The third-order valence-electron chi connectivity index (χ3n) is 14.3. The van der Waals surface area contributed by atoms with Crippen LogP contribution >= 0.6 is 0 Å². The summed E-state index contributed by atoms with van der Waals surface area (Å²) in [5.74, 6) is 13.2. The van der Waals surface area contributed by atoms with Gasteiger partial charge >= 0.3 is 0 Å². The van der Waals surface area contributed by atoms with Crippen LogP contribution in [0.4, 0.5) is 0 Å². The van der Waals surface area contributed by atoms with E-state index < -0.39 is 0 Å². The number of hydrogen-bond acceptors (Lipinski definition) is 3. The molecule has 5 heteroatoms. The van der Waals surface area contributed by atoms with E-state index in [0.717, 1.165) is 105 Å². The maximum Gasteiger partial charge on any atom is 0.238 e. The van der Waals surface area contributed by atoms with Crippen molar-refractivity contribution in [2.24, 2.45) is 0 Å². The second kappa shape index (κ2) is 18.6. The Balaban J connectivity index is 0.966. The molecule has 3 aromatic heterocycles. The molecule has 0 spiro atoms. The van der Waals surface area contributed by atoms with Crippen molar-refractivity contribution in [2.45, 2.75) is 0 Å². The first kappa shape index (κ1) is 45.0. The third kappa shape index (κ3) is 7.41. The maximum atomic E-state index is 6.23. The standard InChI is InChI=1S/C71H41N5/c1-5-46-27-20-33-56(54(46)7-3)60-35-22-36-61(57-34-21-28-47(6-2)55(57)8-4)68(60)52-29-19-30-53(43-52)75-64-37-17-15-31-58(64)62-44-50(39-41-66(62)75)51-40-42-67-63(45-51)59-32-16-18-38-65(59)76(67)71-73-69(48-23-11-9-12-24-48)72-70(74-71)49-25-13-10-14-26-49/h1-4,9-45H. The highest BCUT2D eigenvalue weighted by atomic mass is 15.2. The molecule has 0 saturated heterocycles. The smallest absolute Gasteiger partial charge is 0.238 e. The molecule has 10 aromatic carbocycles. The molecular weight excluding hydrogens is 923 g/mol. The number of hydrogen-bond donors (Lipinski definition) is 0. The molecule has 0 radical (unpaired) electrons. The van der Waals surface area contributed by atoms with E-state index in [4.69, 9.17) is 40.6 Å². The highest BCUT2D eigenvalue weighted by Crippen LogP contribution is 2.45. The lowest BCUT2D eigenvalue weighted by Gasteiger charge is -2.20. The monoisotopic (exact) mass is 963 g/mol. The van der Waals surface area contributed by atoms with Crippen LogP contribution in [-0.4, -0.2) is 24.1 Å². The number of fused-ring (bicyclic) bond motifs is 6. The number of rotatable bonds is 8. The van der Waals surface area contributed by atoms with Crippen molar-refractivity contribution in [1.82, 2.24) is 24.1 Å². The van der Waals surface area contributed by atoms with E-state index >= 15 is 0 Å². The minimum atomic E-state index is 0.551. The summed E-state index contributed by atoms with van der Waals surface area (Å²) in [6.45, 7) is 0. The van der Waals surface area contributed by atoms with Gasteiger partial charge in [-0.25, -0.2) is 4.98 Å². The van der Waals surface area contributed by atoms with Crippen LogP contribution in [0.2, 0.25) is 0 Å². The van der Waals surface area contributed by atoms with E-state index in [-0.39, 0.29) is 0 Å². The average molecular weight is 964 g/mol. The summed E-state index contributed by atoms with van der Waals surface area (Å²) in [6, 6.07) is 77.2. The Bertz CT molecular complexity index is 4530. The fourth-order valence-corrected chi connectivity index (χ4v) is 10.9. The number of nitrogens with zero attached hydrogens (tertiary/aromatic N) is 5. The van der Waals surface area contributed by atoms with Gasteiger partial charge < -0.3 is 4.57 Å². The molecule has 0 aliphatic rings. The Morgan fingerprint density at radius 3 is 1.26 bits per heavy atom. The quantitative estimate of drug-likeness (QED) is 0.143. The van der Waals surface area contributed by atoms with E-state index in [0.29, 0.717) is 39.9 Å². The summed E-state index contributed by atoms with van der Waals surface area (Å²) >= 11 is 0. The van der Waals surface area contributed by atoms with Crippen molar-refractivity contribution < 1.29 is 0 Å². The first-order valence-electron chi connectivity index (χ1n) is 24.8. The van der Waals surface area contributed by atoms with Gasteiger partial charge in [0.15, 0.2) is 11.6 Å². The van der Waals surface area contributed by atoms with Gasteiger partial charge in [-0.15, -0.1) is 25.7 Å². The maximum absolute atomic E-state index is 6.23. The second-order valence-electron chi connectivity index (χ2n) is 18.5. The van der Waals surface area contributed by atoms with E-state index in [2.05, 4.69) is 154 Å². The molecule has 3 heterocycles. The highest BCUT2D eigenvalue weighted by Gasteiger charge is 2.23. The van der Waals surface area contributed by atoms with Gasteiger partial charge in [-0.3, -0.25) is 4.57 Å². The minimum absolute atomic E-state index is 0.551. The Morgan fingerprint density at radius 2 is 0.737 bits per heavy atom. The lowest BCUT2D eigenvalue weighted by atomic mass is 9.83. The summed E-state index contributed by atoms with van der Waals surface area (Å²) in [7, 11) is 0. The Hall–Kier alpha value is -11.0. The molecule has 13 aromatic rings. The molecule has 5 nitrogen and oxygen atoms in total. The zero-order valence-corrected chi connectivity index (χ0v) is 40.9. The lowest BCUT2D eigenvalue weighted by molar-refractivity contribution is 0.953. The largest absolute Gasteiger partial charge is 0.309 e. The summed E-state index contributed by atoms with van der Waals surface area (Å²) in [5.41, 5.74) is 17.2. The van der Waals surface area contributed by atoms with Crippen LogP contribution in [0.5, 0.6) is 0 Å². The van der Waals surface area contributed by atoms with Crippen LogP contribution in [-0.2, 0) is 0 Å². The number of aromatic nitrogens is 5. The molecule has 76 heavy (non-hydrogen) atoms. The van der Waals surface area contributed by atoms with Gasteiger partial charge in [-0.05, 0) is 105 Å². The van der Waals surface area contributed by atoms with Crippen LogP contribution in [0, 0.1) is 49.4 Å². The lowest BCUT2D eigenvalue weighted by Crippen LogP contribution is -2.06. The highest BCUT2D eigenvalue weighted by molar-refractivity contribution is 6.13. The molecule has 0 unspecified atom stereocenters.